The van der Waals surface area contributed by atoms with Gasteiger partial charge in [0.15, 0.2) is 0 Å². The highest BCUT2D eigenvalue weighted by Gasteiger charge is 2.09. The van der Waals surface area contributed by atoms with Gasteiger partial charge in [-0.1, -0.05) is 13.0 Å². The molecule has 1 aromatic heterocycles. The van der Waals surface area contributed by atoms with Gasteiger partial charge in [0.1, 0.15) is 0 Å². The SMILES string of the molecule is CCc1ccc(CC(N)CC(C)OC)nc1. The van der Waals surface area contributed by atoms with Crippen molar-refractivity contribution >= 4 is 0 Å². The Labute approximate surface area is 98.0 Å². The third kappa shape index (κ3) is 4.29. The summed E-state index contributed by atoms with van der Waals surface area (Å²) in [6, 6.07) is 4.31. The first-order valence-electron chi connectivity index (χ1n) is 5.87. The van der Waals surface area contributed by atoms with Crippen LogP contribution >= 0.6 is 0 Å². The lowest BCUT2D eigenvalue weighted by Gasteiger charge is -2.15. The van der Waals surface area contributed by atoms with E-state index in [1.165, 1.54) is 5.56 Å². The molecule has 16 heavy (non-hydrogen) atoms. The Kier molecular flexibility index (Phi) is 5.43. The van der Waals surface area contributed by atoms with Crippen molar-refractivity contribution in [1.82, 2.24) is 4.98 Å². The zero-order valence-electron chi connectivity index (χ0n) is 10.4. The number of hydrogen-bond donors (Lipinski definition) is 1. The van der Waals surface area contributed by atoms with Gasteiger partial charge in [-0.3, -0.25) is 4.98 Å². The van der Waals surface area contributed by atoms with E-state index in [2.05, 4.69) is 24.0 Å². The third-order valence-corrected chi connectivity index (χ3v) is 2.80. The van der Waals surface area contributed by atoms with Crippen LogP contribution < -0.4 is 5.73 Å². The van der Waals surface area contributed by atoms with Crippen molar-refractivity contribution in [2.45, 2.75) is 45.3 Å². The van der Waals surface area contributed by atoms with Gasteiger partial charge >= 0.3 is 0 Å². The Bertz CT molecular complexity index is 297. The lowest BCUT2D eigenvalue weighted by molar-refractivity contribution is 0.104. The highest BCUT2D eigenvalue weighted by atomic mass is 16.5. The summed E-state index contributed by atoms with van der Waals surface area (Å²) < 4.78 is 5.19. The molecular formula is C13H22N2O. The van der Waals surface area contributed by atoms with Crippen LogP contribution in [0.1, 0.15) is 31.5 Å². The van der Waals surface area contributed by atoms with E-state index in [0.29, 0.717) is 0 Å². The average Bonchev–Trinajstić information content (AvgIpc) is 2.29. The number of methoxy groups -OCH3 is 1. The van der Waals surface area contributed by atoms with E-state index in [1.807, 2.05) is 13.1 Å². The number of rotatable bonds is 6. The second-order valence-corrected chi connectivity index (χ2v) is 4.26. The summed E-state index contributed by atoms with van der Waals surface area (Å²) in [4.78, 5) is 4.40. The quantitative estimate of drug-likeness (QED) is 0.800. The number of aryl methyl sites for hydroxylation is 1. The van der Waals surface area contributed by atoms with E-state index in [0.717, 1.165) is 25.0 Å². The second kappa shape index (κ2) is 6.61. The highest BCUT2D eigenvalue weighted by Crippen LogP contribution is 2.07. The summed E-state index contributed by atoms with van der Waals surface area (Å²) >= 11 is 0. The smallest absolute Gasteiger partial charge is 0.0558 e. The Morgan fingerprint density at radius 3 is 2.69 bits per heavy atom. The number of nitrogens with zero attached hydrogens (tertiary/aromatic N) is 1. The Hall–Kier alpha value is -0.930. The lowest BCUT2D eigenvalue weighted by atomic mass is 10.0. The van der Waals surface area contributed by atoms with Gasteiger partial charge in [0.25, 0.3) is 0 Å². The first kappa shape index (κ1) is 13.1. The van der Waals surface area contributed by atoms with Crippen molar-refractivity contribution in [3.63, 3.8) is 0 Å². The Morgan fingerprint density at radius 2 is 2.19 bits per heavy atom. The molecule has 0 spiro atoms. The predicted molar refractivity (Wildman–Crippen MR) is 66.4 cm³/mol. The summed E-state index contributed by atoms with van der Waals surface area (Å²) in [5.41, 5.74) is 8.36. The molecule has 2 atom stereocenters. The maximum absolute atomic E-state index is 6.03. The first-order chi connectivity index (χ1) is 7.65. The third-order valence-electron chi connectivity index (χ3n) is 2.80. The van der Waals surface area contributed by atoms with Crippen LogP contribution in [0.25, 0.3) is 0 Å². The molecule has 0 bridgehead atoms. The van der Waals surface area contributed by atoms with Crippen molar-refractivity contribution in [2.24, 2.45) is 5.73 Å². The Morgan fingerprint density at radius 1 is 1.44 bits per heavy atom. The minimum atomic E-state index is 0.120. The molecule has 0 saturated heterocycles. The van der Waals surface area contributed by atoms with E-state index in [-0.39, 0.29) is 12.1 Å². The van der Waals surface area contributed by atoms with Gasteiger partial charge in [-0.2, -0.15) is 0 Å². The van der Waals surface area contributed by atoms with E-state index in [1.54, 1.807) is 7.11 Å². The molecule has 2 unspecified atom stereocenters. The normalized spacial score (nSPS) is 14.8. The van der Waals surface area contributed by atoms with Crippen LogP contribution in [0.3, 0.4) is 0 Å². The summed E-state index contributed by atoms with van der Waals surface area (Å²) in [5.74, 6) is 0. The molecule has 3 heteroatoms. The van der Waals surface area contributed by atoms with Gasteiger partial charge in [0.05, 0.1) is 6.10 Å². The first-order valence-corrected chi connectivity index (χ1v) is 5.87. The summed E-state index contributed by atoms with van der Waals surface area (Å²) in [6.45, 7) is 4.16. The summed E-state index contributed by atoms with van der Waals surface area (Å²) in [6.07, 6.45) is 4.86. The van der Waals surface area contributed by atoms with E-state index < -0.39 is 0 Å². The molecular weight excluding hydrogens is 200 g/mol. The average molecular weight is 222 g/mol. The molecule has 0 saturated carbocycles. The largest absolute Gasteiger partial charge is 0.382 e. The minimum Gasteiger partial charge on any atom is -0.382 e. The standard InChI is InChI=1S/C13H22N2O/c1-4-11-5-6-13(15-9-11)8-12(14)7-10(2)16-3/h5-6,9-10,12H,4,7-8,14H2,1-3H3. The molecule has 1 rings (SSSR count). The lowest BCUT2D eigenvalue weighted by Crippen LogP contribution is -2.28. The molecule has 0 aromatic carbocycles. The zero-order chi connectivity index (χ0) is 12.0. The topological polar surface area (TPSA) is 48.1 Å². The summed E-state index contributed by atoms with van der Waals surface area (Å²) in [5, 5.41) is 0. The monoisotopic (exact) mass is 222 g/mol. The molecule has 0 radical (unpaired) electrons. The number of pyridine rings is 1. The van der Waals surface area contributed by atoms with Gasteiger partial charge in [-0.15, -0.1) is 0 Å². The van der Waals surface area contributed by atoms with Crippen LogP contribution in [0.15, 0.2) is 18.3 Å². The van der Waals surface area contributed by atoms with Crippen LogP contribution in [0, 0.1) is 0 Å². The fraction of sp³-hybridized carbons (Fsp3) is 0.615. The Balaban J connectivity index is 2.46. The van der Waals surface area contributed by atoms with Crippen LogP contribution in [-0.4, -0.2) is 24.2 Å². The van der Waals surface area contributed by atoms with Gasteiger partial charge in [0.2, 0.25) is 0 Å². The van der Waals surface area contributed by atoms with Crippen LogP contribution in [0.4, 0.5) is 0 Å². The molecule has 1 heterocycles. The maximum atomic E-state index is 6.03. The zero-order valence-corrected chi connectivity index (χ0v) is 10.4. The minimum absolute atomic E-state index is 0.120. The number of hydrogen-bond acceptors (Lipinski definition) is 3. The molecule has 0 aliphatic rings. The van der Waals surface area contributed by atoms with Crippen molar-refractivity contribution < 1.29 is 4.74 Å². The highest BCUT2D eigenvalue weighted by molar-refractivity contribution is 5.14. The van der Waals surface area contributed by atoms with Crippen molar-refractivity contribution in [2.75, 3.05) is 7.11 Å². The molecule has 0 amide bonds. The van der Waals surface area contributed by atoms with Gasteiger partial charge in [-0.05, 0) is 31.4 Å². The van der Waals surface area contributed by atoms with Crippen molar-refractivity contribution in [1.29, 1.82) is 0 Å². The van der Waals surface area contributed by atoms with E-state index >= 15 is 0 Å². The van der Waals surface area contributed by atoms with Gasteiger partial charge < -0.3 is 10.5 Å². The number of ether oxygens (including phenoxy) is 1. The molecule has 2 N–H and O–H groups in total. The molecule has 0 fully saturated rings. The number of nitrogens with two attached hydrogens (primary N) is 1. The van der Waals surface area contributed by atoms with Crippen LogP contribution in [0.5, 0.6) is 0 Å². The predicted octanol–water partition coefficient (Wildman–Crippen LogP) is 1.94. The van der Waals surface area contributed by atoms with E-state index in [4.69, 9.17) is 10.5 Å². The second-order valence-electron chi connectivity index (χ2n) is 4.26. The van der Waals surface area contributed by atoms with Gasteiger partial charge in [0, 0.05) is 31.5 Å². The van der Waals surface area contributed by atoms with E-state index in [9.17, 15) is 0 Å². The fourth-order valence-corrected chi connectivity index (χ4v) is 1.66. The summed E-state index contributed by atoms with van der Waals surface area (Å²) in [7, 11) is 1.71. The maximum Gasteiger partial charge on any atom is 0.0558 e. The van der Waals surface area contributed by atoms with Gasteiger partial charge in [-0.25, -0.2) is 0 Å². The molecule has 0 aliphatic carbocycles. The van der Waals surface area contributed by atoms with Crippen LogP contribution in [0.2, 0.25) is 0 Å². The van der Waals surface area contributed by atoms with Crippen LogP contribution in [-0.2, 0) is 17.6 Å². The molecule has 90 valence electrons. The molecule has 0 aliphatic heterocycles. The fourth-order valence-electron chi connectivity index (χ4n) is 1.66. The molecule has 3 nitrogen and oxygen atoms in total. The van der Waals surface area contributed by atoms with Crippen molar-refractivity contribution in [3.8, 4) is 0 Å². The molecule has 1 aromatic rings. The van der Waals surface area contributed by atoms with Crippen molar-refractivity contribution in [3.05, 3.63) is 29.6 Å². The number of aromatic nitrogens is 1.